The van der Waals surface area contributed by atoms with Gasteiger partial charge in [-0.05, 0) is 37.4 Å². The molecule has 0 aliphatic rings. The third kappa shape index (κ3) is 3.64. The summed E-state index contributed by atoms with van der Waals surface area (Å²) in [7, 11) is -2.27. The molecule has 6 nitrogen and oxygen atoms in total. The van der Waals surface area contributed by atoms with E-state index in [1.807, 2.05) is 0 Å². The number of rotatable bonds is 5. The van der Waals surface area contributed by atoms with Crippen molar-refractivity contribution in [1.29, 1.82) is 5.26 Å². The Balaban J connectivity index is 2.15. The predicted octanol–water partition coefficient (Wildman–Crippen LogP) is 2.43. The molecule has 8 heteroatoms. The van der Waals surface area contributed by atoms with Crippen LogP contribution in [0.25, 0.3) is 0 Å². The van der Waals surface area contributed by atoms with Crippen LogP contribution in [0.15, 0.2) is 44.3 Å². The summed E-state index contributed by atoms with van der Waals surface area (Å²) < 4.78 is 31.4. The van der Waals surface area contributed by atoms with Crippen LogP contribution in [0.2, 0.25) is 0 Å². The molecule has 1 heterocycles. The zero-order valence-electron chi connectivity index (χ0n) is 11.1. The standard InChI is InChI=1S/C13H12BrN3O3S/c1-16-21(18,19)13-5-4-11(20-13)8-17-12-6-10(14)3-2-9(12)7-15/h2-6,16-17H,8H2,1H3. The lowest BCUT2D eigenvalue weighted by atomic mass is 10.2. The van der Waals surface area contributed by atoms with Crippen LogP contribution in [0.4, 0.5) is 5.69 Å². The number of nitriles is 1. The van der Waals surface area contributed by atoms with Gasteiger partial charge in [0.05, 0.1) is 17.8 Å². The normalized spacial score (nSPS) is 11.1. The molecule has 0 fully saturated rings. The number of hydrogen-bond donors (Lipinski definition) is 2. The molecule has 0 spiro atoms. The van der Waals surface area contributed by atoms with E-state index in [-0.39, 0.29) is 11.6 Å². The van der Waals surface area contributed by atoms with Gasteiger partial charge in [0.2, 0.25) is 5.09 Å². The smallest absolute Gasteiger partial charge is 0.273 e. The summed E-state index contributed by atoms with van der Waals surface area (Å²) in [6, 6.07) is 10.3. The second-order valence-corrected chi connectivity index (χ2v) is 6.82. The Labute approximate surface area is 130 Å². The molecule has 0 saturated carbocycles. The highest BCUT2D eigenvalue weighted by atomic mass is 79.9. The van der Waals surface area contributed by atoms with Crippen LogP contribution in [0.1, 0.15) is 11.3 Å². The Bertz CT molecular complexity index is 793. The van der Waals surface area contributed by atoms with Gasteiger partial charge in [0.25, 0.3) is 10.0 Å². The molecule has 1 aromatic carbocycles. The SMILES string of the molecule is CNS(=O)(=O)c1ccc(CNc2cc(Br)ccc2C#N)o1. The van der Waals surface area contributed by atoms with Gasteiger partial charge in [0.15, 0.2) is 0 Å². The largest absolute Gasteiger partial charge is 0.446 e. The van der Waals surface area contributed by atoms with Crippen molar-refractivity contribution in [2.24, 2.45) is 0 Å². The monoisotopic (exact) mass is 369 g/mol. The Hall–Kier alpha value is -1.82. The van der Waals surface area contributed by atoms with E-state index in [0.29, 0.717) is 17.0 Å². The average molecular weight is 370 g/mol. The van der Waals surface area contributed by atoms with E-state index >= 15 is 0 Å². The van der Waals surface area contributed by atoms with Gasteiger partial charge in [0, 0.05) is 4.47 Å². The van der Waals surface area contributed by atoms with Crippen molar-refractivity contribution in [2.75, 3.05) is 12.4 Å². The van der Waals surface area contributed by atoms with Crippen molar-refractivity contribution < 1.29 is 12.8 Å². The molecular formula is C13H12BrN3O3S. The van der Waals surface area contributed by atoms with E-state index in [2.05, 4.69) is 32.0 Å². The quantitative estimate of drug-likeness (QED) is 0.843. The van der Waals surface area contributed by atoms with Crippen LogP contribution in [0, 0.1) is 11.3 Å². The minimum Gasteiger partial charge on any atom is -0.446 e. The van der Waals surface area contributed by atoms with E-state index in [1.165, 1.54) is 13.1 Å². The molecule has 0 saturated heterocycles. The molecule has 2 rings (SSSR count). The number of sulfonamides is 1. The molecule has 2 N–H and O–H groups in total. The molecule has 0 amide bonds. The minimum atomic E-state index is -3.58. The van der Waals surface area contributed by atoms with Crippen LogP contribution in [0.3, 0.4) is 0 Å². The molecule has 0 aliphatic heterocycles. The fourth-order valence-electron chi connectivity index (χ4n) is 1.64. The van der Waals surface area contributed by atoms with Crippen molar-refractivity contribution in [2.45, 2.75) is 11.6 Å². The fraction of sp³-hybridized carbons (Fsp3) is 0.154. The Kier molecular flexibility index (Phi) is 4.67. The fourth-order valence-corrected chi connectivity index (χ4v) is 2.67. The summed E-state index contributed by atoms with van der Waals surface area (Å²) >= 11 is 3.33. The molecule has 0 unspecified atom stereocenters. The van der Waals surface area contributed by atoms with Gasteiger partial charge in [-0.3, -0.25) is 0 Å². The minimum absolute atomic E-state index is 0.142. The number of nitrogens with one attached hydrogen (secondary N) is 2. The average Bonchev–Trinajstić information content (AvgIpc) is 2.95. The highest BCUT2D eigenvalue weighted by Crippen LogP contribution is 2.22. The zero-order valence-corrected chi connectivity index (χ0v) is 13.5. The third-order valence-corrected chi connectivity index (χ3v) is 4.51. The van der Waals surface area contributed by atoms with Gasteiger partial charge in [-0.25, -0.2) is 13.1 Å². The Morgan fingerprint density at radius 2 is 2.10 bits per heavy atom. The predicted molar refractivity (Wildman–Crippen MR) is 81.1 cm³/mol. The number of hydrogen-bond acceptors (Lipinski definition) is 5. The van der Waals surface area contributed by atoms with Gasteiger partial charge in [-0.1, -0.05) is 15.9 Å². The first-order chi connectivity index (χ1) is 9.96. The number of nitrogens with zero attached hydrogens (tertiary/aromatic N) is 1. The highest BCUT2D eigenvalue weighted by Gasteiger charge is 2.16. The molecule has 110 valence electrons. The topological polar surface area (TPSA) is 95.1 Å². The summed E-state index contributed by atoms with van der Waals surface area (Å²) in [5.41, 5.74) is 1.13. The molecule has 1 aromatic heterocycles. The van der Waals surface area contributed by atoms with E-state index in [1.54, 1.807) is 24.3 Å². The molecular weight excluding hydrogens is 358 g/mol. The molecule has 2 aromatic rings. The molecule has 0 atom stereocenters. The van der Waals surface area contributed by atoms with E-state index in [4.69, 9.17) is 9.68 Å². The van der Waals surface area contributed by atoms with E-state index in [9.17, 15) is 8.42 Å². The maximum absolute atomic E-state index is 11.6. The van der Waals surface area contributed by atoms with Crippen molar-refractivity contribution in [3.05, 3.63) is 46.1 Å². The maximum Gasteiger partial charge on any atom is 0.273 e. The summed E-state index contributed by atoms with van der Waals surface area (Å²) in [5.74, 6) is 0.452. The number of anilines is 1. The Morgan fingerprint density at radius 1 is 1.33 bits per heavy atom. The van der Waals surface area contributed by atoms with Gasteiger partial charge < -0.3 is 9.73 Å². The lowest BCUT2D eigenvalue weighted by Crippen LogP contribution is -2.17. The molecule has 0 aliphatic carbocycles. The van der Waals surface area contributed by atoms with Gasteiger partial charge >= 0.3 is 0 Å². The van der Waals surface area contributed by atoms with Gasteiger partial charge in [-0.15, -0.1) is 0 Å². The molecule has 0 bridgehead atoms. The first-order valence-corrected chi connectivity index (χ1v) is 8.19. The third-order valence-electron chi connectivity index (χ3n) is 2.73. The number of benzene rings is 1. The first-order valence-electron chi connectivity index (χ1n) is 5.92. The maximum atomic E-state index is 11.6. The van der Waals surface area contributed by atoms with Crippen molar-refractivity contribution in [1.82, 2.24) is 4.72 Å². The second-order valence-electron chi connectivity index (χ2n) is 4.08. The lowest BCUT2D eigenvalue weighted by Gasteiger charge is -2.07. The second kappa shape index (κ2) is 6.30. The van der Waals surface area contributed by atoms with Crippen LogP contribution in [0.5, 0.6) is 0 Å². The van der Waals surface area contributed by atoms with Crippen molar-refractivity contribution in [3.8, 4) is 6.07 Å². The molecule has 0 radical (unpaired) electrons. The van der Waals surface area contributed by atoms with Crippen LogP contribution in [-0.2, 0) is 16.6 Å². The number of halogens is 1. The van der Waals surface area contributed by atoms with Crippen LogP contribution >= 0.6 is 15.9 Å². The van der Waals surface area contributed by atoms with E-state index in [0.717, 1.165) is 4.47 Å². The summed E-state index contributed by atoms with van der Waals surface area (Å²) in [4.78, 5) is 0. The summed E-state index contributed by atoms with van der Waals surface area (Å²) in [5, 5.41) is 11.9. The first kappa shape index (κ1) is 15.6. The number of furan rings is 1. The van der Waals surface area contributed by atoms with Gasteiger partial charge in [-0.2, -0.15) is 5.26 Å². The van der Waals surface area contributed by atoms with Crippen LogP contribution in [-0.4, -0.2) is 15.5 Å². The molecule has 21 heavy (non-hydrogen) atoms. The van der Waals surface area contributed by atoms with Crippen molar-refractivity contribution >= 4 is 31.6 Å². The van der Waals surface area contributed by atoms with E-state index < -0.39 is 10.0 Å². The summed E-state index contributed by atoms with van der Waals surface area (Å²) in [6.07, 6.45) is 0. The van der Waals surface area contributed by atoms with Crippen LogP contribution < -0.4 is 10.0 Å². The summed E-state index contributed by atoms with van der Waals surface area (Å²) in [6.45, 7) is 0.268. The highest BCUT2D eigenvalue weighted by molar-refractivity contribution is 9.10. The lowest BCUT2D eigenvalue weighted by molar-refractivity contribution is 0.417. The zero-order chi connectivity index (χ0) is 15.5. The van der Waals surface area contributed by atoms with Crippen molar-refractivity contribution in [3.63, 3.8) is 0 Å². The Morgan fingerprint density at radius 3 is 2.76 bits per heavy atom. The van der Waals surface area contributed by atoms with Gasteiger partial charge in [0.1, 0.15) is 11.8 Å².